The van der Waals surface area contributed by atoms with Crippen LogP contribution in [0, 0.1) is 23.7 Å². The molecule has 0 spiro atoms. The predicted molar refractivity (Wildman–Crippen MR) is 216 cm³/mol. The summed E-state index contributed by atoms with van der Waals surface area (Å²) in [6.07, 6.45) is 3.86. The second kappa shape index (κ2) is 18.8. The first kappa shape index (κ1) is 42.0. The number of methoxy groups -OCH3 is 3. The Morgan fingerprint density at radius 2 is 1.31 bits per heavy atom. The van der Waals surface area contributed by atoms with E-state index in [1.807, 2.05) is 62.4 Å². The van der Waals surface area contributed by atoms with Crippen molar-refractivity contribution in [3.05, 3.63) is 83.7 Å². The van der Waals surface area contributed by atoms with Crippen LogP contribution in [0.1, 0.15) is 74.9 Å². The van der Waals surface area contributed by atoms with Gasteiger partial charge in [0.1, 0.15) is 23.7 Å². The van der Waals surface area contributed by atoms with E-state index in [2.05, 4.69) is 37.1 Å². The number of rotatable bonds is 10. The minimum absolute atomic E-state index is 0.0550. The fraction of sp³-hybridized carbons (Fsp3) is 0.419. The van der Waals surface area contributed by atoms with E-state index in [9.17, 15) is 24.0 Å². The van der Waals surface area contributed by atoms with Gasteiger partial charge in [-0.3, -0.25) is 14.4 Å². The van der Waals surface area contributed by atoms with E-state index in [4.69, 9.17) is 14.2 Å². The third-order valence-electron chi connectivity index (χ3n) is 10.7. The van der Waals surface area contributed by atoms with Crippen LogP contribution >= 0.6 is 0 Å². The molecule has 4 heterocycles. The quantitative estimate of drug-likeness (QED) is 0.111. The molecule has 310 valence electrons. The lowest BCUT2D eigenvalue weighted by Crippen LogP contribution is -2.53. The molecule has 0 unspecified atom stereocenters. The maximum Gasteiger partial charge on any atom is 0.409 e. The highest BCUT2D eigenvalue weighted by molar-refractivity contribution is 5.86. The van der Waals surface area contributed by atoms with Crippen LogP contribution in [0.5, 0.6) is 0 Å². The molecule has 4 aromatic rings. The lowest BCUT2D eigenvalue weighted by molar-refractivity contribution is -0.148. The van der Waals surface area contributed by atoms with Crippen molar-refractivity contribution in [2.24, 2.45) is 11.8 Å². The van der Waals surface area contributed by atoms with Crippen LogP contribution in [0.15, 0.2) is 60.9 Å². The van der Waals surface area contributed by atoms with Gasteiger partial charge in [-0.2, -0.15) is 0 Å². The number of nitrogens with one attached hydrogen (secondary N) is 3. The number of benzene rings is 2. The summed E-state index contributed by atoms with van der Waals surface area (Å²) in [5, 5.41) is 2.68. The number of esters is 1. The van der Waals surface area contributed by atoms with E-state index in [1.165, 1.54) is 26.2 Å². The zero-order valence-electron chi connectivity index (χ0n) is 34.1. The molecule has 2 fully saturated rings. The van der Waals surface area contributed by atoms with Gasteiger partial charge in [-0.25, -0.2) is 19.6 Å². The predicted octanol–water partition coefficient (Wildman–Crippen LogP) is 5.06. The summed E-state index contributed by atoms with van der Waals surface area (Å²) in [7, 11) is 3.88. The Labute approximate surface area is 343 Å². The molecular weight excluding hydrogens is 757 g/mol. The summed E-state index contributed by atoms with van der Waals surface area (Å²) in [6.45, 7) is 6.75. The Morgan fingerprint density at radius 3 is 1.83 bits per heavy atom. The average Bonchev–Trinajstić information content (AvgIpc) is 4.06. The number of piperazine rings is 1. The second-order valence-electron chi connectivity index (χ2n) is 15.0. The van der Waals surface area contributed by atoms with Gasteiger partial charge >= 0.3 is 18.2 Å². The van der Waals surface area contributed by atoms with Crippen LogP contribution in [0.25, 0.3) is 22.5 Å². The highest BCUT2D eigenvalue weighted by Crippen LogP contribution is 2.33. The number of nitrogens with zero attached hydrogens (tertiary/aromatic N) is 5. The van der Waals surface area contributed by atoms with Crippen LogP contribution in [-0.4, -0.2) is 118 Å². The number of aromatic amines is 2. The number of carbonyl (C=O) groups excluding carboxylic acids is 5. The molecular formula is C43H50N8O8. The zero-order chi connectivity index (χ0) is 42.2. The number of hydrogen-bond donors (Lipinski definition) is 3. The lowest BCUT2D eigenvalue weighted by atomic mass is 10.0. The van der Waals surface area contributed by atoms with Crippen LogP contribution in [0.4, 0.5) is 9.59 Å². The van der Waals surface area contributed by atoms with Gasteiger partial charge in [0, 0.05) is 36.7 Å². The fourth-order valence-electron chi connectivity index (χ4n) is 7.39. The van der Waals surface area contributed by atoms with Crippen molar-refractivity contribution in [1.29, 1.82) is 0 Å². The molecule has 4 atom stereocenters. The normalized spacial score (nSPS) is 17.4. The molecule has 0 radical (unpaired) electrons. The van der Waals surface area contributed by atoms with Gasteiger partial charge in [-0.05, 0) is 54.2 Å². The molecule has 4 amide bonds. The van der Waals surface area contributed by atoms with E-state index in [0.29, 0.717) is 18.2 Å². The van der Waals surface area contributed by atoms with Gasteiger partial charge < -0.3 is 44.2 Å². The molecule has 2 aliphatic heterocycles. The third kappa shape index (κ3) is 9.74. The summed E-state index contributed by atoms with van der Waals surface area (Å²) in [5.41, 5.74) is 4.97. The first-order valence-corrected chi connectivity index (χ1v) is 19.6. The Hall–Kier alpha value is -6.63. The number of H-pyrrole nitrogens is 2. The number of hydrogen-bond acceptors (Lipinski definition) is 10. The van der Waals surface area contributed by atoms with Gasteiger partial charge in [0.2, 0.25) is 11.8 Å². The van der Waals surface area contributed by atoms with E-state index in [-0.39, 0.29) is 49.8 Å². The zero-order valence-corrected chi connectivity index (χ0v) is 34.1. The lowest BCUT2D eigenvalue weighted by Gasteiger charge is -2.40. The molecule has 2 aliphatic rings. The summed E-state index contributed by atoms with van der Waals surface area (Å²) in [5.74, 6) is 6.05. The van der Waals surface area contributed by atoms with E-state index in [1.54, 1.807) is 29.1 Å². The van der Waals surface area contributed by atoms with Crippen LogP contribution in [-0.2, 0) is 28.6 Å². The molecule has 2 aromatic heterocycles. The molecule has 16 nitrogen and oxygen atoms in total. The molecule has 3 N–H and O–H groups in total. The number of ether oxygens (including phenoxy) is 3. The van der Waals surface area contributed by atoms with E-state index < -0.39 is 36.2 Å². The minimum Gasteiger partial charge on any atom is -0.469 e. The van der Waals surface area contributed by atoms with Crippen molar-refractivity contribution in [2.75, 3.05) is 47.5 Å². The minimum atomic E-state index is -0.702. The van der Waals surface area contributed by atoms with Crippen molar-refractivity contribution < 1.29 is 38.2 Å². The molecule has 0 saturated carbocycles. The van der Waals surface area contributed by atoms with Crippen molar-refractivity contribution in [1.82, 2.24) is 40.0 Å². The Bertz CT molecular complexity index is 2200. The maximum absolute atomic E-state index is 13.5. The Balaban J connectivity index is 1.10. The molecule has 0 aliphatic carbocycles. The highest BCUT2D eigenvalue weighted by Gasteiger charge is 2.39. The topological polar surface area (TPSA) is 192 Å². The largest absolute Gasteiger partial charge is 0.469 e. The number of carbonyl (C=O) groups is 5. The molecule has 2 saturated heterocycles. The first-order chi connectivity index (χ1) is 28.4. The number of aromatic nitrogens is 4. The van der Waals surface area contributed by atoms with Crippen LogP contribution in [0.3, 0.4) is 0 Å². The summed E-state index contributed by atoms with van der Waals surface area (Å²) >= 11 is 0. The standard InChI is InChI=1S/C43H50N8O8/c1-26(2)37(48-42(55)58-5)41(54)50-19-7-8-34(50)38-44-23-32(46-38)30-15-11-28(12-16-30)9-10-29-13-17-31(18-14-29)33-24-45-39(47-33)35-25-49(43(56)59-6)20-21-51(35)40(53)27(3)22-36(52)57-4/h11-18,23-24,26-27,34-35,37H,7-8,19-22,25H2,1-6H3,(H,44,46)(H,45,47)(H,48,55)/t27-,34+,35+,37+/m1/s1. The second-order valence-corrected chi connectivity index (χ2v) is 15.0. The summed E-state index contributed by atoms with van der Waals surface area (Å²) in [6, 6.07) is 14.0. The van der Waals surface area contributed by atoms with Crippen LogP contribution < -0.4 is 5.32 Å². The van der Waals surface area contributed by atoms with Crippen LogP contribution in [0.2, 0.25) is 0 Å². The Kier molecular flexibility index (Phi) is 13.3. The molecule has 59 heavy (non-hydrogen) atoms. The first-order valence-electron chi connectivity index (χ1n) is 19.6. The molecule has 2 aromatic carbocycles. The number of amides is 4. The van der Waals surface area contributed by atoms with Gasteiger partial charge in [0.25, 0.3) is 0 Å². The number of likely N-dealkylation sites (tertiary alicyclic amines) is 1. The van der Waals surface area contributed by atoms with Crippen molar-refractivity contribution >= 4 is 30.0 Å². The number of alkyl carbamates (subject to hydrolysis) is 1. The Morgan fingerprint density at radius 1 is 0.746 bits per heavy atom. The van der Waals surface area contributed by atoms with Gasteiger partial charge in [-0.15, -0.1) is 0 Å². The summed E-state index contributed by atoms with van der Waals surface area (Å²) < 4.78 is 14.5. The molecule has 6 rings (SSSR count). The van der Waals surface area contributed by atoms with Crippen molar-refractivity contribution in [3.8, 4) is 34.4 Å². The average molecular weight is 807 g/mol. The van der Waals surface area contributed by atoms with E-state index >= 15 is 0 Å². The molecule has 16 heteroatoms. The van der Waals surface area contributed by atoms with E-state index in [0.717, 1.165) is 46.5 Å². The third-order valence-corrected chi connectivity index (χ3v) is 10.7. The monoisotopic (exact) mass is 806 g/mol. The number of imidazole rings is 2. The van der Waals surface area contributed by atoms with Crippen molar-refractivity contribution in [3.63, 3.8) is 0 Å². The summed E-state index contributed by atoms with van der Waals surface area (Å²) in [4.78, 5) is 84.2. The highest BCUT2D eigenvalue weighted by atomic mass is 16.5. The SMILES string of the molecule is COC(=O)C[C@@H](C)C(=O)N1CCN(C(=O)OC)C[C@H]1c1ncc(-c2ccc(C#Cc3ccc(-c4cnc([C@@H]5CCCN5C(=O)[C@@H](NC(=O)OC)C(C)C)[nH]4)cc3)cc2)[nH]1. The van der Waals surface area contributed by atoms with Gasteiger partial charge in [0.15, 0.2) is 0 Å². The maximum atomic E-state index is 13.5. The smallest absolute Gasteiger partial charge is 0.409 e. The van der Waals surface area contributed by atoms with Gasteiger partial charge in [-0.1, -0.05) is 56.9 Å². The van der Waals surface area contributed by atoms with Gasteiger partial charge in [0.05, 0.1) is 64.1 Å². The fourth-order valence-corrected chi connectivity index (χ4v) is 7.39. The van der Waals surface area contributed by atoms with Crippen molar-refractivity contribution in [2.45, 2.75) is 58.2 Å². The molecule has 0 bridgehead atoms.